The van der Waals surface area contributed by atoms with Gasteiger partial charge in [-0.25, -0.2) is 9.78 Å². The molecule has 262 valence electrons. The summed E-state index contributed by atoms with van der Waals surface area (Å²) in [4.78, 5) is 49.5. The molecular formula is C28H42N6O12S. The number of amides is 3. The fourth-order valence-electron chi connectivity index (χ4n) is 3.59. The van der Waals surface area contributed by atoms with Gasteiger partial charge in [-0.3, -0.25) is 25.0 Å². The predicted molar refractivity (Wildman–Crippen MR) is 171 cm³/mol. The molecule has 19 heteroatoms. The van der Waals surface area contributed by atoms with Crippen molar-refractivity contribution in [3.63, 3.8) is 0 Å². The van der Waals surface area contributed by atoms with E-state index in [2.05, 4.69) is 25.7 Å². The van der Waals surface area contributed by atoms with Crippen molar-refractivity contribution in [3.05, 3.63) is 39.6 Å². The van der Waals surface area contributed by atoms with Crippen molar-refractivity contribution in [3.8, 4) is 0 Å². The van der Waals surface area contributed by atoms with Crippen LogP contribution in [0.5, 0.6) is 0 Å². The van der Waals surface area contributed by atoms with E-state index >= 15 is 0 Å². The topological polar surface area (TPSA) is 234 Å². The van der Waals surface area contributed by atoms with Gasteiger partial charge in [-0.1, -0.05) is 0 Å². The smallest absolute Gasteiger partial charge is 0.404 e. The number of benzene rings is 1. The number of hydrogen-bond donors (Lipinski definition) is 4. The van der Waals surface area contributed by atoms with Gasteiger partial charge in [-0.2, -0.15) is 0 Å². The number of hydrogen-bond acceptors (Lipinski definition) is 15. The van der Waals surface area contributed by atoms with Crippen LogP contribution in [0.2, 0.25) is 0 Å². The molecule has 0 fully saturated rings. The average molecular weight is 687 g/mol. The molecule has 1 aromatic carbocycles. The summed E-state index contributed by atoms with van der Waals surface area (Å²) in [6, 6.07) is 4.81. The molecular weight excluding hydrogens is 644 g/mol. The Morgan fingerprint density at radius 3 is 1.81 bits per heavy atom. The number of rotatable bonds is 26. The summed E-state index contributed by atoms with van der Waals surface area (Å²) in [5.74, 6) is -0.939. The van der Waals surface area contributed by atoms with Crippen molar-refractivity contribution >= 4 is 50.8 Å². The van der Waals surface area contributed by atoms with E-state index < -0.39 is 16.9 Å². The Bertz CT molecular complexity index is 1260. The van der Waals surface area contributed by atoms with Crippen LogP contribution in [-0.4, -0.2) is 120 Å². The molecule has 2 rings (SSSR count). The van der Waals surface area contributed by atoms with E-state index in [0.717, 1.165) is 11.3 Å². The van der Waals surface area contributed by atoms with E-state index in [1.165, 1.54) is 19.9 Å². The normalized spacial score (nSPS) is 10.9. The Balaban J connectivity index is 1.49. The SMILES string of the molecule is CC(=O)Nc1cc(NCCOCCOCCOCCOCCOCCOCCOC(N)=O)ccc1C(=O)Nc1nc(C)c([N+](=O)[O-])s1. The van der Waals surface area contributed by atoms with E-state index in [4.69, 9.17) is 34.2 Å². The van der Waals surface area contributed by atoms with E-state index in [1.807, 2.05) is 0 Å². The number of thiazole rings is 1. The van der Waals surface area contributed by atoms with E-state index in [0.29, 0.717) is 84.9 Å². The number of nitro groups is 1. The number of anilines is 3. The van der Waals surface area contributed by atoms with Crippen molar-refractivity contribution < 1.29 is 52.5 Å². The molecule has 0 aliphatic rings. The summed E-state index contributed by atoms with van der Waals surface area (Å²) >= 11 is 0.753. The van der Waals surface area contributed by atoms with Crippen molar-refractivity contribution in [1.29, 1.82) is 0 Å². The maximum atomic E-state index is 12.8. The third-order valence-corrected chi connectivity index (χ3v) is 6.67. The predicted octanol–water partition coefficient (Wildman–Crippen LogP) is 2.18. The molecule has 0 saturated heterocycles. The Kier molecular flexibility index (Phi) is 19.5. The minimum absolute atomic E-state index is 0.0833. The van der Waals surface area contributed by atoms with Crippen molar-refractivity contribution in [2.75, 3.05) is 108 Å². The van der Waals surface area contributed by atoms with Crippen molar-refractivity contribution in [2.24, 2.45) is 5.73 Å². The van der Waals surface area contributed by atoms with Gasteiger partial charge in [0.25, 0.3) is 5.91 Å². The van der Waals surface area contributed by atoms with Gasteiger partial charge in [0.05, 0.1) is 95.5 Å². The number of nitrogens with two attached hydrogens (primary N) is 1. The zero-order chi connectivity index (χ0) is 34.3. The molecule has 0 unspecified atom stereocenters. The molecule has 0 saturated carbocycles. The highest BCUT2D eigenvalue weighted by molar-refractivity contribution is 7.19. The van der Waals surface area contributed by atoms with Crippen molar-refractivity contribution in [2.45, 2.75) is 13.8 Å². The van der Waals surface area contributed by atoms with Gasteiger partial charge in [0.2, 0.25) is 5.91 Å². The fourth-order valence-corrected chi connectivity index (χ4v) is 4.37. The minimum Gasteiger partial charge on any atom is -0.447 e. The number of nitrogens with zero attached hydrogens (tertiary/aromatic N) is 2. The first-order valence-electron chi connectivity index (χ1n) is 14.6. The first-order valence-corrected chi connectivity index (χ1v) is 15.5. The van der Waals surface area contributed by atoms with Gasteiger partial charge in [-0.15, -0.1) is 0 Å². The van der Waals surface area contributed by atoms with Crippen LogP contribution in [0, 0.1) is 17.0 Å². The van der Waals surface area contributed by atoms with Crippen LogP contribution >= 0.6 is 11.3 Å². The number of ether oxygens (including phenoxy) is 7. The quantitative estimate of drug-likeness (QED) is 0.0631. The first kappa shape index (κ1) is 39.2. The average Bonchev–Trinajstić information content (AvgIpc) is 3.39. The van der Waals surface area contributed by atoms with Gasteiger partial charge in [0.1, 0.15) is 12.3 Å². The molecule has 1 heterocycles. The van der Waals surface area contributed by atoms with Gasteiger partial charge in [0, 0.05) is 19.2 Å². The van der Waals surface area contributed by atoms with E-state index in [9.17, 15) is 24.5 Å². The molecule has 1 aromatic heterocycles. The molecule has 0 bridgehead atoms. The summed E-state index contributed by atoms with van der Waals surface area (Å²) in [5.41, 5.74) is 6.11. The Morgan fingerprint density at radius 1 is 0.830 bits per heavy atom. The second-order valence-corrected chi connectivity index (χ2v) is 10.3. The van der Waals surface area contributed by atoms with Gasteiger partial charge < -0.3 is 49.5 Å². The Morgan fingerprint density at radius 2 is 1.34 bits per heavy atom. The highest BCUT2D eigenvalue weighted by Crippen LogP contribution is 2.30. The molecule has 47 heavy (non-hydrogen) atoms. The standard InChI is InChI=1S/C28H42N6O12S/c1-20-26(34(38)39)47-28(31-20)33-25(36)23-4-3-22(19-24(23)32-21(2)35)30-5-6-40-7-8-41-9-10-42-11-12-43-13-14-44-15-16-45-17-18-46-27(29)37/h3-4,19,30H,5-18H2,1-2H3,(H2,29,37)(H,32,35)(H,31,33,36). The molecule has 3 amide bonds. The molecule has 5 N–H and O–H groups in total. The lowest BCUT2D eigenvalue weighted by molar-refractivity contribution is -0.380. The second kappa shape index (κ2) is 23.4. The summed E-state index contributed by atoms with van der Waals surface area (Å²) < 4.78 is 36.9. The van der Waals surface area contributed by atoms with Crippen LogP contribution in [0.1, 0.15) is 23.0 Å². The zero-order valence-corrected chi connectivity index (χ0v) is 27.2. The van der Waals surface area contributed by atoms with Crippen LogP contribution < -0.4 is 21.7 Å². The number of nitrogens with one attached hydrogen (secondary N) is 3. The van der Waals surface area contributed by atoms with Crippen LogP contribution in [0.3, 0.4) is 0 Å². The van der Waals surface area contributed by atoms with E-state index in [1.54, 1.807) is 12.1 Å². The molecule has 18 nitrogen and oxygen atoms in total. The largest absolute Gasteiger partial charge is 0.447 e. The minimum atomic E-state index is -0.830. The highest BCUT2D eigenvalue weighted by Gasteiger charge is 2.21. The summed E-state index contributed by atoms with van der Waals surface area (Å²) in [6.07, 6.45) is -0.830. The Labute approximate surface area is 275 Å². The number of aryl methyl sites for hydroxylation is 1. The third-order valence-electron chi connectivity index (χ3n) is 5.64. The lowest BCUT2D eigenvalue weighted by atomic mass is 10.1. The number of carbonyl (C=O) groups is 3. The van der Waals surface area contributed by atoms with Gasteiger partial charge in [0.15, 0.2) is 5.13 Å². The monoisotopic (exact) mass is 686 g/mol. The van der Waals surface area contributed by atoms with Gasteiger partial charge in [-0.05, 0) is 36.5 Å². The number of primary amides is 1. The van der Waals surface area contributed by atoms with Crippen LogP contribution in [0.4, 0.5) is 26.3 Å². The zero-order valence-electron chi connectivity index (χ0n) is 26.4. The van der Waals surface area contributed by atoms with Crippen molar-refractivity contribution in [1.82, 2.24) is 4.98 Å². The van der Waals surface area contributed by atoms with Crippen LogP contribution in [0.15, 0.2) is 18.2 Å². The maximum absolute atomic E-state index is 12.8. The van der Waals surface area contributed by atoms with E-state index in [-0.39, 0.29) is 46.2 Å². The highest BCUT2D eigenvalue weighted by atomic mass is 32.1. The molecule has 0 radical (unpaired) electrons. The lowest BCUT2D eigenvalue weighted by Crippen LogP contribution is -2.18. The molecule has 0 aliphatic heterocycles. The maximum Gasteiger partial charge on any atom is 0.404 e. The second-order valence-electron chi connectivity index (χ2n) is 9.33. The fraction of sp³-hybridized carbons (Fsp3) is 0.571. The van der Waals surface area contributed by atoms with Gasteiger partial charge >= 0.3 is 11.1 Å². The lowest BCUT2D eigenvalue weighted by Gasteiger charge is -2.13. The number of aromatic nitrogens is 1. The van der Waals surface area contributed by atoms with Crippen LogP contribution in [-0.2, 0) is 38.0 Å². The molecule has 0 spiro atoms. The summed E-state index contributed by atoms with van der Waals surface area (Å²) in [7, 11) is 0. The molecule has 0 aliphatic carbocycles. The Hall–Kier alpha value is -3.98. The molecule has 0 atom stereocenters. The van der Waals surface area contributed by atoms with Crippen LogP contribution in [0.25, 0.3) is 0 Å². The summed E-state index contributed by atoms with van der Waals surface area (Å²) in [5, 5.41) is 19.3. The summed E-state index contributed by atoms with van der Waals surface area (Å²) in [6.45, 7) is 8.15. The third kappa shape index (κ3) is 17.5. The molecule has 2 aromatic rings. The number of carbonyl (C=O) groups excluding carboxylic acids is 3. The first-order chi connectivity index (χ1) is 22.7.